The predicted octanol–water partition coefficient (Wildman–Crippen LogP) is 1.03. The highest BCUT2D eigenvalue weighted by atomic mass is 32.3. The van der Waals surface area contributed by atoms with E-state index in [1.165, 1.54) is 0 Å². The van der Waals surface area contributed by atoms with Gasteiger partial charge in [-0.2, -0.15) is 8.78 Å². The van der Waals surface area contributed by atoms with E-state index in [4.69, 9.17) is 0 Å². The molecule has 0 radical (unpaired) electrons. The van der Waals surface area contributed by atoms with Gasteiger partial charge in [0.25, 0.3) is 0 Å². The summed E-state index contributed by atoms with van der Waals surface area (Å²) in [7, 11) is -4.58. The van der Waals surface area contributed by atoms with Crippen molar-refractivity contribution in [3.8, 4) is 5.19 Å². The van der Waals surface area contributed by atoms with Gasteiger partial charge in [0, 0.05) is 6.26 Å². The number of nitrogens with zero attached hydrogens (tertiary/aromatic N) is 2. The van der Waals surface area contributed by atoms with Crippen LogP contribution < -0.4 is 4.74 Å². The Morgan fingerprint density at radius 2 is 2.00 bits per heavy atom. The minimum Gasteiger partial charge on any atom is -0.440 e. The van der Waals surface area contributed by atoms with Gasteiger partial charge in [0.15, 0.2) is 10.5 Å². The first-order valence-corrected chi connectivity index (χ1v) is 6.46. The minimum atomic E-state index is -3.75. The topological polar surface area (TPSA) is 69.2 Å². The van der Waals surface area contributed by atoms with Crippen molar-refractivity contribution < 1.29 is 21.9 Å². The van der Waals surface area contributed by atoms with Crippen molar-refractivity contribution in [2.24, 2.45) is 0 Å². The largest absolute Gasteiger partial charge is 0.461 e. The standard InChI is InChI=1S/C5H7F2N2O3S2/c1-12-4-8-9-5(14(2,10)11)13(4)3(6)7/h3H,1-2H3/q+1. The van der Waals surface area contributed by atoms with E-state index in [1.807, 2.05) is 0 Å². The molecule has 0 fully saturated rings. The normalized spacial score (nSPS) is 13.4. The van der Waals surface area contributed by atoms with E-state index in [0.29, 0.717) is 0 Å². The van der Waals surface area contributed by atoms with Gasteiger partial charge < -0.3 is 4.74 Å². The number of hydrogen-bond acceptors (Lipinski definition) is 5. The lowest BCUT2D eigenvalue weighted by Gasteiger charge is -1.91. The molecule has 0 bridgehead atoms. The monoisotopic (exact) mass is 245 g/mol. The van der Waals surface area contributed by atoms with Crippen LogP contribution in [0.5, 0.6) is 5.19 Å². The first-order chi connectivity index (χ1) is 6.38. The fourth-order valence-corrected chi connectivity index (χ4v) is 3.58. The summed E-state index contributed by atoms with van der Waals surface area (Å²) < 4.78 is 50.9. The molecule has 1 aromatic rings. The summed E-state index contributed by atoms with van der Waals surface area (Å²) in [6, 6.07) is 0. The number of alkyl halides is 2. The SMILES string of the molecule is COc1nnc(S(C)(=O)=O)[s+]1C(F)F. The van der Waals surface area contributed by atoms with E-state index in [2.05, 4.69) is 14.9 Å². The molecule has 1 atom stereocenters. The van der Waals surface area contributed by atoms with Gasteiger partial charge in [-0.05, 0) is 0 Å². The highest BCUT2D eigenvalue weighted by molar-refractivity contribution is 7.93. The summed E-state index contributed by atoms with van der Waals surface area (Å²) in [5.74, 6) is -2.87. The van der Waals surface area contributed by atoms with Crippen molar-refractivity contribution in [2.45, 2.75) is 10.1 Å². The molecule has 1 heterocycles. The van der Waals surface area contributed by atoms with E-state index < -0.39 is 30.4 Å². The van der Waals surface area contributed by atoms with Gasteiger partial charge in [0.1, 0.15) is 0 Å². The number of methoxy groups -OCH3 is 1. The number of sulfone groups is 1. The lowest BCUT2D eigenvalue weighted by atomic mass is 11.4. The average molecular weight is 245 g/mol. The fraction of sp³-hybridized carbons (Fsp3) is 0.600. The van der Waals surface area contributed by atoms with Crippen LogP contribution in [0.25, 0.3) is 0 Å². The molecule has 1 rings (SSSR count). The molecule has 14 heavy (non-hydrogen) atoms. The third-order valence-electron chi connectivity index (χ3n) is 1.26. The Hall–Kier alpha value is -0.830. The molecular weight excluding hydrogens is 238 g/mol. The number of halogens is 2. The second-order valence-electron chi connectivity index (χ2n) is 2.31. The molecule has 0 saturated carbocycles. The maximum Gasteiger partial charge on any atom is 0.461 e. The van der Waals surface area contributed by atoms with Crippen LogP contribution >= 0.6 is 10.5 Å². The smallest absolute Gasteiger partial charge is 0.440 e. The molecule has 80 valence electrons. The van der Waals surface area contributed by atoms with Gasteiger partial charge in [-0.1, -0.05) is 10.2 Å². The summed E-state index contributed by atoms with van der Waals surface area (Å²) in [6.07, 6.45) is 0.808. The van der Waals surface area contributed by atoms with Crippen LogP contribution in [0.4, 0.5) is 8.78 Å². The Labute approximate surface area is 81.6 Å². The van der Waals surface area contributed by atoms with Crippen LogP contribution in [0.2, 0.25) is 0 Å². The maximum atomic E-state index is 12.5. The molecule has 9 heteroatoms. The van der Waals surface area contributed by atoms with E-state index in [9.17, 15) is 17.2 Å². The molecule has 0 saturated heterocycles. The van der Waals surface area contributed by atoms with Crippen LogP contribution in [0, 0.1) is 0 Å². The van der Waals surface area contributed by atoms with Gasteiger partial charge in [-0.15, -0.1) is 0 Å². The first kappa shape index (κ1) is 11.2. The van der Waals surface area contributed by atoms with Crippen LogP contribution in [-0.4, -0.2) is 32.0 Å². The minimum absolute atomic E-state index is 0.347. The van der Waals surface area contributed by atoms with Gasteiger partial charge >= 0.3 is 15.3 Å². The molecule has 0 amide bonds. The Balaban J connectivity index is 3.40. The highest BCUT2D eigenvalue weighted by Gasteiger charge is 2.40. The summed E-state index contributed by atoms with van der Waals surface area (Å²) in [4.78, 5) is 0. The van der Waals surface area contributed by atoms with Gasteiger partial charge in [-0.25, -0.2) is 8.42 Å². The highest BCUT2D eigenvalue weighted by Crippen LogP contribution is 2.45. The fourth-order valence-electron chi connectivity index (χ4n) is 0.765. The zero-order valence-electron chi connectivity index (χ0n) is 7.27. The number of rotatable bonds is 3. The van der Waals surface area contributed by atoms with Crippen molar-refractivity contribution in [2.75, 3.05) is 13.4 Å². The molecule has 0 spiro atoms. The molecule has 0 N–H and O–H groups in total. The zero-order chi connectivity index (χ0) is 10.9. The molecular formula is C5H7F2N2O3S2+. The molecule has 0 aliphatic carbocycles. The molecule has 0 aliphatic rings. The second kappa shape index (κ2) is 3.73. The third kappa shape index (κ3) is 1.98. The average Bonchev–Trinajstić information content (AvgIpc) is 2.45. The molecule has 0 aromatic carbocycles. The van der Waals surface area contributed by atoms with Crippen molar-refractivity contribution in [1.82, 2.24) is 10.2 Å². The second-order valence-corrected chi connectivity index (χ2v) is 6.26. The lowest BCUT2D eigenvalue weighted by molar-refractivity contribution is 0.203. The van der Waals surface area contributed by atoms with Crippen LogP contribution in [0.15, 0.2) is 4.34 Å². The molecule has 0 aliphatic heterocycles. The Morgan fingerprint density at radius 1 is 1.43 bits per heavy atom. The quantitative estimate of drug-likeness (QED) is 0.744. The van der Waals surface area contributed by atoms with Crippen LogP contribution in [0.3, 0.4) is 0 Å². The van der Waals surface area contributed by atoms with Gasteiger partial charge in [0.2, 0.25) is 9.84 Å². The number of hydrogen-bond donors (Lipinski definition) is 0. The van der Waals surface area contributed by atoms with Crippen LogP contribution in [0.1, 0.15) is 5.76 Å². The van der Waals surface area contributed by atoms with Crippen molar-refractivity contribution >= 4 is 20.3 Å². The zero-order valence-corrected chi connectivity index (χ0v) is 8.90. The van der Waals surface area contributed by atoms with Gasteiger partial charge in [0.05, 0.1) is 7.11 Å². The summed E-state index contributed by atoms with van der Waals surface area (Å²) >= 11 is 0. The number of aromatic nitrogens is 2. The Morgan fingerprint density at radius 3 is 2.36 bits per heavy atom. The lowest BCUT2D eigenvalue weighted by Crippen LogP contribution is -1.98. The van der Waals surface area contributed by atoms with E-state index in [1.54, 1.807) is 0 Å². The third-order valence-corrected chi connectivity index (χ3v) is 4.86. The van der Waals surface area contributed by atoms with E-state index in [0.717, 1.165) is 13.4 Å². The van der Waals surface area contributed by atoms with Crippen molar-refractivity contribution in [3.05, 3.63) is 0 Å². The Bertz CT molecular complexity index is 428. The Kier molecular flexibility index (Phi) is 3.00. The van der Waals surface area contributed by atoms with Gasteiger partial charge in [-0.3, -0.25) is 0 Å². The summed E-state index contributed by atoms with van der Waals surface area (Å²) in [5, 5.41) is 6.08. The van der Waals surface area contributed by atoms with Crippen molar-refractivity contribution in [3.63, 3.8) is 0 Å². The molecule has 1 unspecified atom stereocenters. The predicted molar refractivity (Wildman–Crippen MR) is 45.4 cm³/mol. The summed E-state index contributed by atoms with van der Waals surface area (Å²) in [5.41, 5.74) is 0. The van der Waals surface area contributed by atoms with Crippen LogP contribution in [-0.2, 0) is 9.84 Å². The summed E-state index contributed by atoms with van der Waals surface area (Å²) in [6.45, 7) is 0. The van der Waals surface area contributed by atoms with Crippen molar-refractivity contribution in [1.29, 1.82) is 0 Å². The molecule has 1 aromatic heterocycles. The maximum absolute atomic E-state index is 12.5. The molecule has 5 nitrogen and oxygen atoms in total. The van der Waals surface area contributed by atoms with E-state index >= 15 is 0 Å². The van der Waals surface area contributed by atoms with E-state index in [-0.39, 0.29) is 5.19 Å². The first-order valence-electron chi connectivity index (χ1n) is 3.29. The number of ether oxygens (including phenoxy) is 1.